The molecule has 116 valence electrons. The summed E-state index contributed by atoms with van der Waals surface area (Å²) in [4.78, 5) is 12.3. The fourth-order valence-electron chi connectivity index (χ4n) is 3.28. The predicted octanol–water partition coefficient (Wildman–Crippen LogP) is 3.86. The Morgan fingerprint density at radius 3 is 2.67 bits per heavy atom. The molecule has 2 aliphatic rings. The Labute approximate surface area is 128 Å². The predicted molar refractivity (Wildman–Crippen MR) is 88.2 cm³/mol. The number of nitrogens with zero attached hydrogens (tertiary/aromatic N) is 3. The molecule has 1 aliphatic heterocycles. The molecule has 1 unspecified atom stereocenters. The van der Waals surface area contributed by atoms with Gasteiger partial charge in [-0.2, -0.15) is 0 Å². The Morgan fingerprint density at radius 2 is 2.00 bits per heavy atom. The van der Waals surface area contributed by atoms with Gasteiger partial charge < -0.3 is 10.2 Å². The summed E-state index contributed by atoms with van der Waals surface area (Å²) in [7, 11) is 0. The summed E-state index contributed by atoms with van der Waals surface area (Å²) >= 11 is 0. The molecule has 0 radical (unpaired) electrons. The van der Waals surface area contributed by atoms with Crippen LogP contribution in [0.5, 0.6) is 0 Å². The standard InChI is InChI=1S/C17H28N4/c1-4-10-18-15-12(3)17(20-16(19-15)13-8-9-13)21-11-6-7-14(21)5-2/h13-14H,4-11H2,1-3H3,(H,18,19,20). The SMILES string of the molecule is CCCNc1nc(C2CC2)nc(N2CCCC2CC)c1C. The molecule has 1 saturated carbocycles. The molecule has 0 bridgehead atoms. The molecule has 0 spiro atoms. The first-order chi connectivity index (χ1) is 10.2. The van der Waals surface area contributed by atoms with E-state index in [1.165, 1.54) is 43.5 Å². The molecular weight excluding hydrogens is 260 g/mol. The second-order valence-corrected chi connectivity index (χ2v) is 6.48. The van der Waals surface area contributed by atoms with Gasteiger partial charge in [0.15, 0.2) is 0 Å². The Hall–Kier alpha value is -1.32. The van der Waals surface area contributed by atoms with Gasteiger partial charge in [0.25, 0.3) is 0 Å². The van der Waals surface area contributed by atoms with Crippen molar-refractivity contribution in [2.45, 2.75) is 71.3 Å². The molecule has 0 aromatic carbocycles. The van der Waals surface area contributed by atoms with E-state index in [9.17, 15) is 0 Å². The fraction of sp³-hybridized carbons (Fsp3) is 0.765. The van der Waals surface area contributed by atoms with Crippen molar-refractivity contribution in [1.29, 1.82) is 0 Å². The zero-order chi connectivity index (χ0) is 14.8. The molecule has 4 heteroatoms. The van der Waals surface area contributed by atoms with Crippen LogP contribution in [-0.2, 0) is 0 Å². The highest BCUT2D eigenvalue weighted by Crippen LogP contribution is 2.41. The van der Waals surface area contributed by atoms with Crippen LogP contribution >= 0.6 is 0 Å². The second kappa shape index (κ2) is 6.20. The zero-order valence-corrected chi connectivity index (χ0v) is 13.7. The Kier molecular flexibility index (Phi) is 4.32. The van der Waals surface area contributed by atoms with Gasteiger partial charge in [-0.25, -0.2) is 9.97 Å². The number of nitrogens with one attached hydrogen (secondary N) is 1. The van der Waals surface area contributed by atoms with Gasteiger partial charge in [-0.1, -0.05) is 13.8 Å². The van der Waals surface area contributed by atoms with Crippen LogP contribution in [0.4, 0.5) is 11.6 Å². The number of aromatic nitrogens is 2. The van der Waals surface area contributed by atoms with Crippen molar-refractivity contribution in [2.75, 3.05) is 23.3 Å². The smallest absolute Gasteiger partial charge is 0.137 e. The summed E-state index contributed by atoms with van der Waals surface area (Å²) in [6, 6.07) is 0.657. The Morgan fingerprint density at radius 1 is 1.19 bits per heavy atom. The van der Waals surface area contributed by atoms with E-state index >= 15 is 0 Å². The largest absolute Gasteiger partial charge is 0.370 e. The minimum atomic E-state index is 0.606. The van der Waals surface area contributed by atoms with E-state index in [-0.39, 0.29) is 0 Å². The topological polar surface area (TPSA) is 41.1 Å². The van der Waals surface area contributed by atoms with Gasteiger partial charge in [-0.15, -0.1) is 0 Å². The van der Waals surface area contributed by atoms with Crippen LogP contribution in [0.15, 0.2) is 0 Å². The molecule has 1 N–H and O–H groups in total. The normalized spacial score (nSPS) is 21.9. The van der Waals surface area contributed by atoms with E-state index < -0.39 is 0 Å². The lowest BCUT2D eigenvalue weighted by Gasteiger charge is -2.27. The van der Waals surface area contributed by atoms with Gasteiger partial charge in [-0.05, 0) is 45.4 Å². The fourth-order valence-corrected chi connectivity index (χ4v) is 3.28. The maximum absolute atomic E-state index is 4.96. The van der Waals surface area contributed by atoms with Gasteiger partial charge >= 0.3 is 0 Å². The summed E-state index contributed by atoms with van der Waals surface area (Å²) < 4.78 is 0. The molecular formula is C17H28N4. The molecule has 0 amide bonds. The number of hydrogen-bond donors (Lipinski definition) is 1. The first kappa shape index (κ1) is 14.6. The third-order valence-corrected chi connectivity index (χ3v) is 4.74. The van der Waals surface area contributed by atoms with Crippen LogP contribution in [0.25, 0.3) is 0 Å². The monoisotopic (exact) mass is 288 g/mol. The molecule has 1 aliphatic carbocycles. The second-order valence-electron chi connectivity index (χ2n) is 6.48. The summed E-state index contributed by atoms with van der Waals surface area (Å²) in [5.74, 6) is 3.92. The van der Waals surface area contributed by atoms with Crippen molar-refractivity contribution < 1.29 is 0 Å². The molecule has 1 aromatic rings. The van der Waals surface area contributed by atoms with Crippen LogP contribution in [0.3, 0.4) is 0 Å². The highest BCUT2D eigenvalue weighted by Gasteiger charge is 2.31. The van der Waals surface area contributed by atoms with Crippen molar-refractivity contribution in [1.82, 2.24) is 9.97 Å². The lowest BCUT2D eigenvalue weighted by atomic mass is 10.1. The third kappa shape index (κ3) is 2.99. The first-order valence-corrected chi connectivity index (χ1v) is 8.63. The van der Waals surface area contributed by atoms with Crippen LogP contribution in [0, 0.1) is 6.92 Å². The van der Waals surface area contributed by atoms with Crippen molar-refractivity contribution in [3.8, 4) is 0 Å². The molecule has 1 aromatic heterocycles. The summed E-state index contributed by atoms with van der Waals surface area (Å²) in [5.41, 5.74) is 1.23. The van der Waals surface area contributed by atoms with E-state index in [1.54, 1.807) is 0 Å². The average molecular weight is 288 g/mol. The molecule has 1 saturated heterocycles. The first-order valence-electron chi connectivity index (χ1n) is 8.63. The molecule has 2 heterocycles. The third-order valence-electron chi connectivity index (χ3n) is 4.74. The maximum atomic E-state index is 4.96. The molecule has 4 nitrogen and oxygen atoms in total. The molecule has 2 fully saturated rings. The van der Waals surface area contributed by atoms with Gasteiger partial charge in [0, 0.05) is 30.6 Å². The minimum absolute atomic E-state index is 0.606. The van der Waals surface area contributed by atoms with E-state index in [0.29, 0.717) is 12.0 Å². The zero-order valence-electron chi connectivity index (χ0n) is 13.7. The van der Waals surface area contributed by atoms with Gasteiger partial charge in [0.05, 0.1) is 0 Å². The molecule has 21 heavy (non-hydrogen) atoms. The van der Waals surface area contributed by atoms with Crippen molar-refractivity contribution in [3.63, 3.8) is 0 Å². The van der Waals surface area contributed by atoms with Gasteiger partial charge in [0.2, 0.25) is 0 Å². The highest BCUT2D eigenvalue weighted by molar-refractivity contribution is 5.60. The van der Waals surface area contributed by atoms with E-state index in [2.05, 4.69) is 31.0 Å². The lowest BCUT2D eigenvalue weighted by molar-refractivity contribution is 0.637. The molecule has 3 rings (SSSR count). The minimum Gasteiger partial charge on any atom is -0.370 e. The Bertz CT molecular complexity index is 496. The van der Waals surface area contributed by atoms with E-state index in [4.69, 9.17) is 9.97 Å². The van der Waals surface area contributed by atoms with Crippen LogP contribution in [0.2, 0.25) is 0 Å². The van der Waals surface area contributed by atoms with Gasteiger partial charge in [0.1, 0.15) is 17.5 Å². The number of anilines is 2. The Balaban J connectivity index is 1.95. The quantitative estimate of drug-likeness (QED) is 0.863. The van der Waals surface area contributed by atoms with Crippen molar-refractivity contribution in [3.05, 3.63) is 11.4 Å². The van der Waals surface area contributed by atoms with Crippen LogP contribution < -0.4 is 10.2 Å². The highest BCUT2D eigenvalue weighted by atomic mass is 15.2. The number of hydrogen-bond acceptors (Lipinski definition) is 4. The number of rotatable bonds is 6. The lowest BCUT2D eigenvalue weighted by Crippen LogP contribution is -2.30. The van der Waals surface area contributed by atoms with E-state index in [1.807, 2.05) is 0 Å². The van der Waals surface area contributed by atoms with Crippen LogP contribution in [-0.4, -0.2) is 29.1 Å². The summed E-state index contributed by atoms with van der Waals surface area (Å²) in [6.07, 6.45) is 7.44. The van der Waals surface area contributed by atoms with Crippen LogP contribution in [0.1, 0.15) is 69.7 Å². The van der Waals surface area contributed by atoms with Crippen molar-refractivity contribution in [2.24, 2.45) is 0 Å². The molecule has 1 atom stereocenters. The van der Waals surface area contributed by atoms with Gasteiger partial charge in [-0.3, -0.25) is 0 Å². The van der Waals surface area contributed by atoms with Crippen molar-refractivity contribution >= 4 is 11.6 Å². The summed E-state index contributed by atoms with van der Waals surface area (Å²) in [6.45, 7) is 8.79. The average Bonchev–Trinajstić information content (AvgIpc) is 3.24. The maximum Gasteiger partial charge on any atom is 0.137 e. The summed E-state index contributed by atoms with van der Waals surface area (Å²) in [5, 5.41) is 3.50. The van der Waals surface area contributed by atoms with E-state index in [0.717, 1.165) is 31.2 Å².